The minimum Gasteiger partial charge on any atom is -0.490 e. The third kappa shape index (κ3) is 5.02. The number of amides is 1. The molecular weight excluding hydrogens is 414 g/mol. The molecule has 0 aromatic heterocycles. The van der Waals surface area contributed by atoms with E-state index in [4.69, 9.17) is 18.8 Å². The molecule has 3 rings (SSSR count). The fourth-order valence-electron chi connectivity index (χ4n) is 3.68. The zero-order valence-corrected chi connectivity index (χ0v) is 20.0. The Morgan fingerprint density at radius 2 is 1.91 bits per heavy atom. The number of hydrogen-bond acceptors (Lipinski definition) is 6. The van der Waals surface area contributed by atoms with Crippen molar-refractivity contribution in [2.24, 2.45) is 0 Å². The Morgan fingerprint density at radius 1 is 1.28 bits per heavy atom. The summed E-state index contributed by atoms with van der Waals surface area (Å²) in [5.41, 5.74) is -1.60. The fourth-order valence-corrected chi connectivity index (χ4v) is 3.68. The third-order valence-corrected chi connectivity index (χ3v) is 6.16. The maximum absolute atomic E-state index is 14.8. The Balaban J connectivity index is 1.78. The Hall–Kier alpha value is -2.31. The molecule has 2 heterocycles. The Labute approximate surface area is 189 Å². The van der Waals surface area contributed by atoms with Gasteiger partial charge >= 0.3 is 13.2 Å². The number of nitrogens with zero attached hydrogens (tertiary/aromatic N) is 2. The predicted octanol–water partition coefficient (Wildman–Crippen LogP) is 3.77. The predicted molar refractivity (Wildman–Crippen MR) is 118 cm³/mol. The lowest BCUT2D eigenvalue weighted by atomic mass is 9.78. The van der Waals surface area contributed by atoms with Crippen LogP contribution >= 0.6 is 0 Å². The summed E-state index contributed by atoms with van der Waals surface area (Å²) in [5, 5.41) is 9.48. The first-order valence-electron chi connectivity index (χ1n) is 11.0. The summed E-state index contributed by atoms with van der Waals surface area (Å²) in [6.07, 6.45) is 1.20. The maximum atomic E-state index is 14.8. The summed E-state index contributed by atoms with van der Waals surface area (Å²) in [7, 11) is -0.917. The lowest BCUT2D eigenvalue weighted by Gasteiger charge is -2.32. The molecule has 0 N–H and O–H groups in total. The van der Waals surface area contributed by atoms with E-state index in [0.29, 0.717) is 6.54 Å². The first-order chi connectivity index (χ1) is 14.7. The Bertz CT molecular complexity index is 906. The molecule has 0 saturated carbocycles. The van der Waals surface area contributed by atoms with E-state index in [9.17, 15) is 14.4 Å². The number of nitriles is 1. The molecule has 1 atom stereocenters. The zero-order chi connectivity index (χ0) is 23.9. The van der Waals surface area contributed by atoms with Crippen LogP contribution in [0.1, 0.15) is 66.9 Å². The molecule has 0 radical (unpaired) electrons. The summed E-state index contributed by atoms with van der Waals surface area (Å²) in [6, 6.07) is 4.38. The third-order valence-electron chi connectivity index (χ3n) is 6.16. The standard InChI is InChI=1S/C23H32BFN2O5/c1-21(2,3)30-20(28)27-10-8-9-16(27)14-29-19-12-17(18(25)11-15(19)13-26)24-31-22(4,5)23(6,7)32-24/h11-12,16H,8-10,14H2,1-7H3/t16-/m1/s1. The van der Waals surface area contributed by atoms with Crippen LogP contribution in [0.2, 0.25) is 0 Å². The lowest BCUT2D eigenvalue weighted by molar-refractivity contribution is 0.00578. The van der Waals surface area contributed by atoms with E-state index < -0.39 is 29.7 Å². The number of ether oxygens (including phenoxy) is 2. The number of halogens is 1. The molecule has 1 aromatic carbocycles. The minimum atomic E-state index is -0.917. The molecule has 0 spiro atoms. The zero-order valence-electron chi connectivity index (χ0n) is 20.0. The molecule has 0 bridgehead atoms. The molecule has 2 saturated heterocycles. The van der Waals surface area contributed by atoms with Gasteiger partial charge in [0.05, 0.1) is 22.8 Å². The van der Waals surface area contributed by atoms with Gasteiger partial charge in [0.1, 0.15) is 29.8 Å². The van der Waals surface area contributed by atoms with E-state index in [0.717, 1.165) is 18.9 Å². The highest BCUT2D eigenvalue weighted by Crippen LogP contribution is 2.37. The van der Waals surface area contributed by atoms with Crippen molar-refractivity contribution in [1.29, 1.82) is 5.26 Å². The summed E-state index contributed by atoms with van der Waals surface area (Å²) in [6.45, 7) is 13.8. The smallest absolute Gasteiger partial charge is 0.490 e. The van der Waals surface area contributed by atoms with Crippen molar-refractivity contribution in [2.75, 3.05) is 13.2 Å². The Morgan fingerprint density at radius 3 is 2.47 bits per heavy atom. The highest BCUT2D eigenvalue weighted by Gasteiger charge is 2.52. The van der Waals surface area contributed by atoms with Gasteiger partial charge in [0.15, 0.2) is 0 Å². The van der Waals surface area contributed by atoms with E-state index in [-0.39, 0.29) is 35.5 Å². The molecule has 1 amide bonds. The molecular formula is C23H32BFN2O5. The fraction of sp³-hybridized carbons (Fsp3) is 0.652. The summed E-state index contributed by atoms with van der Waals surface area (Å²) in [4.78, 5) is 14.2. The van der Waals surface area contributed by atoms with Crippen molar-refractivity contribution in [3.8, 4) is 11.8 Å². The largest absolute Gasteiger partial charge is 0.497 e. The topological polar surface area (TPSA) is 81.0 Å². The molecule has 2 fully saturated rings. The average molecular weight is 446 g/mol. The second-order valence-corrected chi connectivity index (χ2v) is 10.4. The molecule has 2 aliphatic heterocycles. The summed E-state index contributed by atoms with van der Waals surface area (Å²) in [5.74, 6) is -0.363. The molecule has 0 aliphatic carbocycles. The summed E-state index contributed by atoms with van der Waals surface area (Å²) >= 11 is 0. The van der Waals surface area contributed by atoms with Crippen molar-refractivity contribution < 1.29 is 28.0 Å². The van der Waals surface area contributed by atoms with Crippen LogP contribution in [0, 0.1) is 17.1 Å². The molecule has 9 heteroatoms. The molecule has 1 aromatic rings. The normalized spacial score (nSPS) is 22.0. The number of likely N-dealkylation sites (tertiary alicyclic amines) is 1. The van der Waals surface area contributed by atoms with Crippen molar-refractivity contribution in [2.45, 2.75) is 84.2 Å². The first-order valence-corrected chi connectivity index (χ1v) is 11.0. The highest BCUT2D eigenvalue weighted by atomic mass is 19.1. The SMILES string of the molecule is CC(C)(C)OC(=O)N1CCC[C@@H]1COc1cc(B2OC(C)(C)C(C)(C)O2)c(F)cc1C#N. The monoisotopic (exact) mass is 446 g/mol. The molecule has 0 unspecified atom stereocenters. The van der Waals surface area contributed by atoms with Gasteiger partial charge in [0.2, 0.25) is 0 Å². The highest BCUT2D eigenvalue weighted by molar-refractivity contribution is 6.62. The number of hydrogen-bond donors (Lipinski definition) is 0. The van der Waals surface area contributed by atoms with Gasteiger partial charge in [0.25, 0.3) is 0 Å². The van der Waals surface area contributed by atoms with Gasteiger partial charge in [-0.05, 0) is 73.4 Å². The van der Waals surface area contributed by atoms with Gasteiger partial charge in [-0.15, -0.1) is 0 Å². The second-order valence-electron chi connectivity index (χ2n) is 10.4. The van der Waals surface area contributed by atoms with Gasteiger partial charge in [0, 0.05) is 12.0 Å². The van der Waals surface area contributed by atoms with Crippen LogP contribution in [0.3, 0.4) is 0 Å². The minimum absolute atomic E-state index is 0.0737. The van der Waals surface area contributed by atoms with E-state index in [1.165, 1.54) is 6.07 Å². The van der Waals surface area contributed by atoms with Crippen molar-refractivity contribution in [1.82, 2.24) is 4.90 Å². The van der Waals surface area contributed by atoms with E-state index in [2.05, 4.69) is 0 Å². The van der Waals surface area contributed by atoms with Crippen molar-refractivity contribution >= 4 is 18.7 Å². The van der Waals surface area contributed by atoms with Gasteiger partial charge in [-0.2, -0.15) is 5.26 Å². The molecule has 7 nitrogen and oxygen atoms in total. The molecule has 32 heavy (non-hydrogen) atoms. The van der Waals surface area contributed by atoms with E-state index in [1.54, 1.807) is 4.90 Å². The molecule has 2 aliphatic rings. The quantitative estimate of drug-likeness (QED) is 0.655. The van der Waals surface area contributed by atoms with Crippen LogP contribution in [0.25, 0.3) is 0 Å². The van der Waals surface area contributed by atoms with Gasteiger partial charge in [-0.3, -0.25) is 0 Å². The van der Waals surface area contributed by atoms with Gasteiger partial charge < -0.3 is 23.7 Å². The molecule has 174 valence electrons. The first kappa shape index (κ1) is 24.3. The number of carbonyl (C=O) groups excluding carboxylic acids is 1. The van der Waals surface area contributed by atoms with Crippen molar-refractivity contribution in [3.63, 3.8) is 0 Å². The number of benzene rings is 1. The Kier molecular flexibility index (Phi) is 6.51. The maximum Gasteiger partial charge on any atom is 0.497 e. The van der Waals surface area contributed by atoms with Gasteiger partial charge in [-0.1, -0.05) is 0 Å². The summed E-state index contributed by atoms with van der Waals surface area (Å²) < 4.78 is 38.1. The average Bonchev–Trinajstić information content (AvgIpc) is 3.20. The number of rotatable bonds is 4. The van der Waals surface area contributed by atoms with Crippen LogP contribution in [-0.4, -0.2) is 54.1 Å². The lowest BCUT2D eigenvalue weighted by Crippen LogP contribution is -2.42. The van der Waals surface area contributed by atoms with E-state index >= 15 is 0 Å². The van der Waals surface area contributed by atoms with Crippen LogP contribution < -0.4 is 10.2 Å². The van der Waals surface area contributed by atoms with Crippen LogP contribution in [0.15, 0.2) is 12.1 Å². The van der Waals surface area contributed by atoms with Crippen LogP contribution in [0.4, 0.5) is 9.18 Å². The van der Waals surface area contributed by atoms with Crippen LogP contribution in [-0.2, 0) is 14.0 Å². The van der Waals surface area contributed by atoms with Crippen LogP contribution in [0.5, 0.6) is 5.75 Å². The van der Waals surface area contributed by atoms with E-state index in [1.807, 2.05) is 54.5 Å². The van der Waals surface area contributed by atoms with Gasteiger partial charge in [-0.25, -0.2) is 9.18 Å². The van der Waals surface area contributed by atoms with Crippen molar-refractivity contribution in [3.05, 3.63) is 23.5 Å². The number of carbonyl (C=O) groups is 1. The second kappa shape index (κ2) is 8.56.